The van der Waals surface area contributed by atoms with Gasteiger partial charge in [-0.2, -0.15) is 0 Å². The lowest BCUT2D eigenvalue weighted by Gasteiger charge is -2.16. The minimum Gasteiger partial charge on any atom is -0.488 e. The topological polar surface area (TPSA) is 64.6 Å². The molecule has 27 heavy (non-hydrogen) atoms. The number of rotatable bonds is 4. The summed E-state index contributed by atoms with van der Waals surface area (Å²) in [4.78, 5) is 26.2. The van der Waals surface area contributed by atoms with E-state index in [0.717, 1.165) is 21.8 Å². The average molecular weight is 379 g/mol. The molecule has 1 aromatic heterocycles. The molecule has 2 aromatic carbocycles. The zero-order chi connectivity index (χ0) is 18.8. The van der Waals surface area contributed by atoms with Gasteiger partial charge < -0.3 is 14.8 Å². The molecule has 1 atom stereocenters. The summed E-state index contributed by atoms with van der Waals surface area (Å²) in [7, 11) is 0. The summed E-state index contributed by atoms with van der Waals surface area (Å²) in [6, 6.07) is 18.6. The molecule has 1 aliphatic heterocycles. The predicted molar refractivity (Wildman–Crippen MR) is 104 cm³/mol. The lowest BCUT2D eigenvalue weighted by atomic mass is 10.1. The first-order chi connectivity index (χ1) is 13.1. The molecule has 136 valence electrons. The van der Waals surface area contributed by atoms with Crippen LogP contribution in [0.1, 0.15) is 22.2 Å². The molecule has 0 saturated heterocycles. The van der Waals surface area contributed by atoms with Crippen LogP contribution in [-0.4, -0.2) is 18.0 Å². The zero-order valence-corrected chi connectivity index (χ0v) is 15.4. The predicted octanol–water partition coefficient (Wildman–Crippen LogP) is 4.49. The highest BCUT2D eigenvalue weighted by Crippen LogP contribution is 2.42. The number of carbonyl (C=O) groups excluding carboxylic acids is 2. The lowest BCUT2D eigenvalue weighted by Crippen LogP contribution is -2.29. The van der Waals surface area contributed by atoms with Crippen LogP contribution < -0.4 is 10.1 Å². The second-order valence-electron chi connectivity index (χ2n) is 6.15. The van der Waals surface area contributed by atoms with Gasteiger partial charge in [-0.1, -0.05) is 30.3 Å². The molecule has 6 heteroatoms. The third-order valence-electron chi connectivity index (χ3n) is 4.22. The third kappa shape index (κ3) is 3.57. The number of nitrogens with one attached hydrogen (secondary N) is 1. The summed E-state index contributed by atoms with van der Waals surface area (Å²) in [5.41, 5.74) is 2.58. The van der Waals surface area contributed by atoms with Crippen LogP contribution >= 0.6 is 11.3 Å². The number of amides is 1. The van der Waals surface area contributed by atoms with Crippen molar-refractivity contribution in [3.05, 3.63) is 71.1 Å². The van der Waals surface area contributed by atoms with Crippen molar-refractivity contribution in [3.63, 3.8) is 0 Å². The van der Waals surface area contributed by atoms with Crippen LogP contribution in [0.25, 0.3) is 10.4 Å². The number of ether oxygens (including phenoxy) is 2. The summed E-state index contributed by atoms with van der Waals surface area (Å²) in [6.45, 7) is 1.97. The number of anilines is 1. The number of para-hydroxylation sites is 2. The van der Waals surface area contributed by atoms with Gasteiger partial charge in [0.25, 0.3) is 5.91 Å². The van der Waals surface area contributed by atoms with Gasteiger partial charge in [-0.3, -0.25) is 4.79 Å². The molecule has 4 rings (SSSR count). The van der Waals surface area contributed by atoms with Gasteiger partial charge in [0.2, 0.25) is 0 Å². The van der Waals surface area contributed by atoms with Gasteiger partial charge in [0.05, 0.1) is 0 Å². The summed E-state index contributed by atoms with van der Waals surface area (Å²) in [5, 5.41) is 2.73. The Balaban J connectivity index is 1.46. The van der Waals surface area contributed by atoms with E-state index in [2.05, 4.69) is 5.32 Å². The Morgan fingerprint density at radius 2 is 1.85 bits per heavy atom. The second kappa shape index (κ2) is 7.25. The summed E-state index contributed by atoms with van der Waals surface area (Å²) in [5.74, 6) is -0.0745. The fraction of sp³-hybridized carbons (Fsp3) is 0.143. The number of carbonyl (C=O) groups is 2. The molecule has 0 fully saturated rings. The molecule has 0 spiro atoms. The number of fused-ring (bicyclic) bond motifs is 3. The normalized spacial score (nSPS) is 12.9. The van der Waals surface area contributed by atoms with E-state index >= 15 is 0 Å². The van der Waals surface area contributed by atoms with E-state index in [1.807, 2.05) is 42.5 Å². The first-order valence-electron chi connectivity index (χ1n) is 8.53. The van der Waals surface area contributed by atoms with E-state index in [1.165, 1.54) is 11.3 Å². The van der Waals surface area contributed by atoms with Crippen LogP contribution in [0.2, 0.25) is 0 Å². The van der Waals surface area contributed by atoms with Crippen molar-refractivity contribution in [3.8, 4) is 16.2 Å². The quantitative estimate of drug-likeness (QED) is 0.678. The minimum atomic E-state index is -0.902. The van der Waals surface area contributed by atoms with Crippen molar-refractivity contribution in [2.24, 2.45) is 0 Å². The minimum absolute atomic E-state index is 0.371. The van der Waals surface area contributed by atoms with E-state index in [4.69, 9.17) is 9.47 Å². The Kier molecular flexibility index (Phi) is 4.64. The molecule has 0 radical (unpaired) electrons. The number of hydrogen-bond acceptors (Lipinski definition) is 5. The molecule has 2 heterocycles. The Bertz CT molecular complexity index is 996. The first kappa shape index (κ1) is 17.3. The molecular weight excluding hydrogens is 362 g/mol. The molecule has 5 nitrogen and oxygen atoms in total. The van der Waals surface area contributed by atoms with Crippen LogP contribution in [-0.2, 0) is 16.1 Å². The van der Waals surface area contributed by atoms with Crippen LogP contribution in [0.4, 0.5) is 5.69 Å². The largest absolute Gasteiger partial charge is 0.488 e. The van der Waals surface area contributed by atoms with Crippen molar-refractivity contribution in [2.75, 3.05) is 5.32 Å². The van der Waals surface area contributed by atoms with Crippen LogP contribution in [0, 0.1) is 0 Å². The molecule has 0 saturated carbocycles. The maximum absolute atomic E-state index is 12.5. The number of thiophene rings is 1. The number of hydrogen-bond donors (Lipinski definition) is 1. The molecule has 0 bridgehead atoms. The average Bonchev–Trinajstić information content (AvgIpc) is 3.14. The maximum Gasteiger partial charge on any atom is 0.349 e. The van der Waals surface area contributed by atoms with Crippen LogP contribution in [0.3, 0.4) is 0 Å². The highest BCUT2D eigenvalue weighted by atomic mass is 32.1. The van der Waals surface area contributed by atoms with Crippen LogP contribution in [0.5, 0.6) is 5.75 Å². The second-order valence-corrected chi connectivity index (χ2v) is 7.20. The molecule has 1 unspecified atom stereocenters. The zero-order valence-electron chi connectivity index (χ0n) is 14.6. The standard InChI is InChI=1S/C21H17NO4S/c1-13(20(23)22-15-7-3-2-4-8-15)26-21(24)18-11-14-12-25-17-10-6-5-9-16(17)19(14)27-18/h2-11,13H,12H2,1H3,(H,22,23). The highest BCUT2D eigenvalue weighted by molar-refractivity contribution is 7.17. The van der Waals surface area contributed by atoms with Crippen molar-refractivity contribution in [1.29, 1.82) is 0 Å². The van der Waals surface area contributed by atoms with Gasteiger partial charge in [-0.15, -0.1) is 11.3 Å². The molecule has 1 aliphatic rings. The smallest absolute Gasteiger partial charge is 0.349 e. The van der Waals surface area contributed by atoms with Gasteiger partial charge in [0.15, 0.2) is 6.10 Å². The number of esters is 1. The molecule has 0 aliphatic carbocycles. The fourth-order valence-corrected chi connectivity index (χ4v) is 3.92. The van der Waals surface area contributed by atoms with E-state index < -0.39 is 12.1 Å². The third-order valence-corrected chi connectivity index (χ3v) is 5.41. The molecule has 1 amide bonds. The van der Waals surface area contributed by atoms with Gasteiger partial charge in [-0.05, 0) is 37.3 Å². The Hall–Kier alpha value is -3.12. The van der Waals surface area contributed by atoms with E-state index in [-0.39, 0.29) is 5.91 Å². The van der Waals surface area contributed by atoms with Crippen molar-refractivity contribution < 1.29 is 19.1 Å². The fourth-order valence-electron chi connectivity index (χ4n) is 2.84. The summed E-state index contributed by atoms with van der Waals surface area (Å²) >= 11 is 1.36. The highest BCUT2D eigenvalue weighted by Gasteiger charge is 2.25. The van der Waals surface area contributed by atoms with E-state index in [9.17, 15) is 9.59 Å². The van der Waals surface area contributed by atoms with Crippen molar-refractivity contribution >= 4 is 28.9 Å². The van der Waals surface area contributed by atoms with Crippen molar-refractivity contribution in [1.82, 2.24) is 0 Å². The van der Waals surface area contributed by atoms with Gasteiger partial charge in [0, 0.05) is 21.7 Å². The number of benzene rings is 2. The molecular formula is C21H17NO4S. The lowest BCUT2D eigenvalue weighted by molar-refractivity contribution is -0.123. The summed E-state index contributed by atoms with van der Waals surface area (Å²) in [6.07, 6.45) is -0.902. The Labute approximate surface area is 160 Å². The summed E-state index contributed by atoms with van der Waals surface area (Å²) < 4.78 is 11.1. The molecule has 1 N–H and O–H groups in total. The van der Waals surface area contributed by atoms with Gasteiger partial charge >= 0.3 is 5.97 Å². The van der Waals surface area contributed by atoms with Gasteiger partial charge in [0.1, 0.15) is 17.2 Å². The maximum atomic E-state index is 12.5. The van der Waals surface area contributed by atoms with Gasteiger partial charge in [-0.25, -0.2) is 4.79 Å². The van der Waals surface area contributed by atoms with E-state index in [1.54, 1.807) is 25.1 Å². The SMILES string of the molecule is CC(OC(=O)c1cc2c(s1)-c1ccccc1OC2)C(=O)Nc1ccccc1. The first-order valence-corrected chi connectivity index (χ1v) is 9.35. The van der Waals surface area contributed by atoms with Crippen LogP contribution in [0.15, 0.2) is 60.7 Å². The Morgan fingerprint density at radius 3 is 2.67 bits per heavy atom. The van der Waals surface area contributed by atoms with E-state index in [0.29, 0.717) is 17.2 Å². The molecule has 3 aromatic rings. The monoisotopic (exact) mass is 379 g/mol. The van der Waals surface area contributed by atoms with Crippen molar-refractivity contribution in [2.45, 2.75) is 19.6 Å². The Morgan fingerprint density at radius 1 is 1.11 bits per heavy atom.